The van der Waals surface area contributed by atoms with E-state index in [0.717, 1.165) is 38.5 Å². The third-order valence-electron chi connectivity index (χ3n) is 9.74. The van der Waals surface area contributed by atoms with Crippen LogP contribution in [0.15, 0.2) is 0 Å². The summed E-state index contributed by atoms with van der Waals surface area (Å²) in [5.41, 5.74) is 5.33. The first-order valence-corrected chi connectivity index (χ1v) is 23.5. The topological polar surface area (TPSA) is 134 Å². The molecule has 0 rings (SSSR count). The number of ether oxygens (including phenoxy) is 2. The fraction of sp³-hybridized carbons (Fsp3) is 0.952. The van der Waals surface area contributed by atoms with E-state index in [0.29, 0.717) is 6.42 Å². The van der Waals surface area contributed by atoms with Crippen LogP contribution in [0.2, 0.25) is 0 Å². The fourth-order valence-electron chi connectivity index (χ4n) is 6.46. The van der Waals surface area contributed by atoms with Crippen molar-refractivity contribution in [3.8, 4) is 0 Å². The molecule has 52 heavy (non-hydrogen) atoms. The molecule has 1 unspecified atom stereocenters. The molecule has 0 spiro atoms. The van der Waals surface area contributed by atoms with Gasteiger partial charge in [-0.25, -0.2) is 4.57 Å². The van der Waals surface area contributed by atoms with Gasteiger partial charge >= 0.3 is 19.8 Å². The molecule has 0 aromatic rings. The molecular formula is C42H84NO8P. The van der Waals surface area contributed by atoms with Crippen molar-refractivity contribution in [2.24, 2.45) is 5.73 Å². The zero-order valence-corrected chi connectivity index (χ0v) is 35.0. The molecule has 0 saturated carbocycles. The smallest absolute Gasteiger partial charge is 0.462 e. The summed E-state index contributed by atoms with van der Waals surface area (Å²) in [6.07, 6.45) is 38.8. The van der Waals surface area contributed by atoms with Gasteiger partial charge in [-0.3, -0.25) is 18.6 Å². The van der Waals surface area contributed by atoms with E-state index in [-0.39, 0.29) is 38.6 Å². The first kappa shape index (κ1) is 51.0. The van der Waals surface area contributed by atoms with Crippen molar-refractivity contribution in [2.75, 3.05) is 26.4 Å². The van der Waals surface area contributed by atoms with Crippen LogP contribution in [-0.2, 0) is 32.7 Å². The lowest BCUT2D eigenvalue weighted by Crippen LogP contribution is -2.29. The van der Waals surface area contributed by atoms with Crippen molar-refractivity contribution < 1.29 is 37.6 Å². The lowest BCUT2D eigenvalue weighted by atomic mass is 10.0. The molecule has 0 aliphatic carbocycles. The predicted octanol–water partition coefficient (Wildman–Crippen LogP) is 12.4. The Morgan fingerprint density at radius 3 is 1.17 bits per heavy atom. The highest BCUT2D eigenvalue weighted by atomic mass is 31.2. The van der Waals surface area contributed by atoms with Crippen LogP contribution < -0.4 is 5.73 Å². The highest BCUT2D eigenvalue weighted by Crippen LogP contribution is 2.43. The van der Waals surface area contributed by atoms with Crippen molar-refractivity contribution in [3.05, 3.63) is 0 Å². The Kier molecular flexibility index (Phi) is 38.9. The second-order valence-electron chi connectivity index (χ2n) is 14.9. The van der Waals surface area contributed by atoms with Crippen molar-refractivity contribution in [2.45, 2.75) is 232 Å². The summed E-state index contributed by atoms with van der Waals surface area (Å²) in [4.78, 5) is 34.7. The van der Waals surface area contributed by atoms with Crippen LogP contribution in [0.5, 0.6) is 0 Å². The van der Waals surface area contributed by atoms with E-state index in [4.69, 9.17) is 24.3 Å². The maximum Gasteiger partial charge on any atom is 0.472 e. The molecule has 2 atom stereocenters. The van der Waals surface area contributed by atoms with Crippen LogP contribution >= 0.6 is 7.82 Å². The van der Waals surface area contributed by atoms with Crippen LogP contribution in [0.25, 0.3) is 0 Å². The van der Waals surface area contributed by atoms with Crippen LogP contribution in [0.3, 0.4) is 0 Å². The van der Waals surface area contributed by atoms with Crippen LogP contribution in [0.1, 0.15) is 226 Å². The Balaban J connectivity index is 3.90. The maximum absolute atomic E-state index is 12.5. The number of phosphoric ester groups is 1. The maximum atomic E-state index is 12.5. The Morgan fingerprint density at radius 1 is 0.500 bits per heavy atom. The minimum absolute atomic E-state index is 0.0577. The molecule has 0 amide bonds. The third-order valence-corrected chi connectivity index (χ3v) is 10.7. The van der Waals surface area contributed by atoms with Gasteiger partial charge in [-0.15, -0.1) is 0 Å². The van der Waals surface area contributed by atoms with Gasteiger partial charge in [0, 0.05) is 19.4 Å². The molecule has 0 bridgehead atoms. The second-order valence-corrected chi connectivity index (χ2v) is 16.4. The highest BCUT2D eigenvalue weighted by Gasteiger charge is 2.26. The Morgan fingerprint density at radius 2 is 0.827 bits per heavy atom. The minimum Gasteiger partial charge on any atom is -0.462 e. The zero-order valence-electron chi connectivity index (χ0n) is 34.1. The molecule has 3 N–H and O–H groups in total. The predicted molar refractivity (Wildman–Crippen MR) is 215 cm³/mol. The SMILES string of the molecule is CCCCCCCCCCCCCCCCCCCCCCCCCC(=O)OC[C@@H](COP(=O)(O)OCCN)OC(=O)CCCCCCCCCC. The van der Waals surface area contributed by atoms with Gasteiger partial charge in [0.1, 0.15) is 6.61 Å². The fourth-order valence-corrected chi connectivity index (χ4v) is 7.23. The summed E-state index contributed by atoms with van der Waals surface area (Å²) in [5, 5.41) is 0. The average Bonchev–Trinajstić information content (AvgIpc) is 3.13. The summed E-state index contributed by atoms with van der Waals surface area (Å²) in [6, 6.07) is 0. The molecule has 310 valence electrons. The lowest BCUT2D eigenvalue weighted by Gasteiger charge is -2.19. The number of hydrogen-bond donors (Lipinski definition) is 2. The van der Waals surface area contributed by atoms with Gasteiger partial charge in [-0.1, -0.05) is 200 Å². The van der Waals surface area contributed by atoms with E-state index in [2.05, 4.69) is 13.8 Å². The first-order chi connectivity index (χ1) is 25.3. The van der Waals surface area contributed by atoms with Gasteiger partial charge in [-0.2, -0.15) is 0 Å². The summed E-state index contributed by atoms with van der Waals surface area (Å²) in [6.45, 7) is 3.73. The van der Waals surface area contributed by atoms with E-state index < -0.39 is 26.5 Å². The highest BCUT2D eigenvalue weighted by molar-refractivity contribution is 7.47. The van der Waals surface area contributed by atoms with Crippen molar-refractivity contribution in [3.63, 3.8) is 0 Å². The molecule has 0 aliphatic rings. The van der Waals surface area contributed by atoms with E-state index in [9.17, 15) is 19.0 Å². The van der Waals surface area contributed by atoms with E-state index in [1.807, 2.05) is 0 Å². The first-order valence-electron chi connectivity index (χ1n) is 22.0. The second kappa shape index (κ2) is 39.7. The molecule has 0 saturated heterocycles. The summed E-state index contributed by atoms with van der Waals surface area (Å²) < 4.78 is 32.6. The van der Waals surface area contributed by atoms with Gasteiger partial charge in [0.2, 0.25) is 0 Å². The number of hydrogen-bond acceptors (Lipinski definition) is 8. The van der Waals surface area contributed by atoms with E-state index in [1.54, 1.807) is 0 Å². The van der Waals surface area contributed by atoms with Crippen LogP contribution in [0, 0.1) is 0 Å². The lowest BCUT2D eigenvalue weighted by molar-refractivity contribution is -0.161. The quantitative estimate of drug-likeness (QED) is 0.0354. The molecule has 0 aromatic heterocycles. The van der Waals surface area contributed by atoms with Gasteiger partial charge in [0.15, 0.2) is 6.10 Å². The Hall–Kier alpha value is -0.990. The molecule has 0 aliphatic heterocycles. The summed E-state index contributed by atoms with van der Waals surface area (Å²) in [5.74, 6) is -0.819. The number of rotatable bonds is 42. The molecule has 10 heteroatoms. The Bertz CT molecular complexity index is 830. The van der Waals surface area contributed by atoms with Gasteiger partial charge in [-0.05, 0) is 12.8 Å². The zero-order chi connectivity index (χ0) is 38.2. The van der Waals surface area contributed by atoms with Crippen LogP contribution in [0.4, 0.5) is 0 Å². The third kappa shape index (κ3) is 38.7. The number of carbonyl (C=O) groups is 2. The normalized spacial score (nSPS) is 13.2. The van der Waals surface area contributed by atoms with Gasteiger partial charge in [0.25, 0.3) is 0 Å². The van der Waals surface area contributed by atoms with Crippen molar-refractivity contribution in [1.29, 1.82) is 0 Å². The molecule has 9 nitrogen and oxygen atoms in total. The van der Waals surface area contributed by atoms with Crippen molar-refractivity contribution in [1.82, 2.24) is 0 Å². The number of nitrogens with two attached hydrogens (primary N) is 1. The van der Waals surface area contributed by atoms with Crippen molar-refractivity contribution >= 4 is 19.8 Å². The molecule has 0 aromatic carbocycles. The molecular weight excluding hydrogens is 677 g/mol. The van der Waals surface area contributed by atoms with E-state index in [1.165, 1.54) is 154 Å². The average molecular weight is 762 g/mol. The van der Waals surface area contributed by atoms with E-state index >= 15 is 0 Å². The van der Waals surface area contributed by atoms with Gasteiger partial charge in [0.05, 0.1) is 13.2 Å². The minimum atomic E-state index is -4.36. The standard InChI is InChI=1S/C42H84NO8P/c1-3-5-7-9-11-13-14-15-16-17-18-19-20-21-22-23-24-25-26-27-29-30-32-34-41(44)48-38-40(39-50-52(46,47)49-37-36-43)51-42(45)35-33-31-28-12-10-8-6-4-2/h40H,3-39,43H2,1-2H3,(H,46,47)/t40-/m0/s1. The summed E-state index contributed by atoms with van der Waals surface area (Å²) in [7, 11) is -4.36. The van der Waals surface area contributed by atoms with Crippen LogP contribution in [-0.4, -0.2) is 49.3 Å². The largest absolute Gasteiger partial charge is 0.472 e. The summed E-state index contributed by atoms with van der Waals surface area (Å²) >= 11 is 0. The molecule has 0 radical (unpaired) electrons. The Labute approximate surface area is 320 Å². The number of phosphoric acid groups is 1. The number of unbranched alkanes of at least 4 members (excludes halogenated alkanes) is 29. The monoisotopic (exact) mass is 762 g/mol. The van der Waals surface area contributed by atoms with Gasteiger partial charge < -0.3 is 20.1 Å². The molecule has 0 heterocycles. The molecule has 0 fully saturated rings. The number of carbonyl (C=O) groups excluding carboxylic acids is 2. The number of esters is 2.